The number of hydrogen-bond acceptors (Lipinski definition) is 4. The zero-order chi connectivity index (χ0) is 18.1. The Bertz CT molecular complexity index is 838. The second kappa shape index (κ2) is 7.13. The number of amides is 1. The molecule has 2 aliphatic rings. The van der Waals surface area contributed by atoms with E-state index in [9.17, 15) is 9.18 Å². The zero-order valence-corrected chi connectivity index (χ0v) is 14.8. The number of ether oxygens (including phenoxy) is 2. The minimum Gasteiger partial charge on any atom is -0.454 e. The number of rotatable bonds is 3. The predicted octanol–water partition coefficient (Wildman–Crippen LogP) is 3.17. The lowest BCUT2D eigenvalue weighted by molar-refractivity contribution is 0.0624. The number of benzene rings is 2. The van der Waals surface area contributed by atoms with Crippen LogP contribution in [0.4, 0.5) is 4.39 Å². The molecule has 26 heavy (non-hydrogen) atoms. The largest absolute Gasteiger partial charge is 0.454 e. The van der Waals surface area contributed by atoms with E-state index in [-0.39, 0.29) is 18.5 Å². The highest BCUT2D eigenvalue weighted by molar-refractivity contribution is 6.31. The smallest absolute Gasteiger partial charge is 0.257 e. The monoisotopic (exact) mass is 376 g/mol. The summed E-state index contributed by atoms with van der Waals surface area (Å²) in [6.07, 6.45) is 0. The van der Waals surface area contributed by atoms with Crippen molar-refractivity contribution in [1.29, 1.82) is 0 Å². The van der Waals surface area contributed by atoms with Crippen LogP contribution >= 0.6 is 11.6 Å². The molecule has 1 amide bonds. The third-order valence-corrected chi connectivity index (χ3v) is 5.05. The summed E-state index contributed by atoms with van der Waals surface area (Å²) in [5, 5.41) is 0.431. The molecule has 1 saturated heterocycles. The number of hydrogen-bond donors (Lipinski definition) is 0. The average molecular weight is 377 g/mol. The molecule has 0 atom stereocenters. The van der Waals surface area contributed by atoms with Gasteiger partial charge in [-0.2, -0.15) is 0 Å². The van der Waals surface area contributed by atoms with E-state index >= 15 is 0 Å². The number of halogens is 2. The molecule has 0 radical (unpaired) electrons. The van der Waals surface area contributed by atoms with Crippen LogP contribution in [0, 0.1) is 5.82 Å². The molecule has 0 saturated carbocycles. The molecule has 2 aromatic rings. The zero-order valence-electron chi connectivity index (χ0n) is 14.1. The first-order valence-electron chi connectivity index (χ1n) is 8.46. The molecular formula is C19H18ClFN2O3. The summed E-state index contributed by atoms with van der Waals surface area (Å²) in [4.78, 5) is 16.9. The normalized spacial score (nSPS) is 16.8. The Morgan fingerprint density at radius 3 is 2.69 bits per heavy atom. The molecule has 0 N–H and O–H groups in total. The quantitative estimate of drug-likeness (QED) is 0.825. The first kappa shape index (κ1) is 17.1. The van der Waals surface area contributed by atoms with Crippen molar-refractivity contribution in [1.82, 2.24) is 9.80 Å². The summed E-state index contributed by atoms with van der Waals surface area (Å²) in [6.45, 7) is 3.46. The van der Waals surface area contributed by atoms with E-state index in [1.807, 2.05) is 4.90 Å². The van der Waals surface area contributed by atoms with Crippen LogP contribution in [0.15, 0.2) is 36.4 Å². The summed E-state index contributed by atoms with van der Waals surface area (Å²) < 4.78 is 23.9. The van der Waals surface area contributed by atoms with Gasteiger partial charge in [0.25, 0.3) is 5.91 Å². The highest BCUT2D eigenvalue weighted by atomic mass is 35.5. The second-order valence-corrected chi connectivity index (χ2v) is 6.75. The maximum absolute atomic E-state index is 13.2. The van der Waals surface area contributed by atoms with Gasteiger partial charge in [-0.3, -0.25) is 9.69 Å². The van der Waals surface area contributed by atoms with Crippen LogP contribution in [0.2, 0.25) is 5.02 Å². The fourth-order valence-electron chi connectivity index (χ4n) is 3.27. The number of nitrogens with zero attached hydrogens (tertiary/aromatic N) is 2. The van der Waals surface area contributed by atoms with Crippen molar-refractivity contribution in [3.63, 3.8) is 0 Å². The predicted molar refractivity (Wildman–Crippen MR) is 95.2 cm³/mol. The van der Waals surface area contributed by atoms with E-state index in [4.69, 9.17) is 21.1 Å². The Kier molecular flexibility index (Phi) is 4.70. The summed E-state index contributed by atoms with van der Waals surface area (Å²) in [5.41, 5.74) is 1.43. The van der Waals surface area contributed by atoms with Gasteiger partial charge in [0.2, 0.25) is 6.79 Å². The van der Waals surface area contributed by atoms with Crippen molar-refractivity contribution in [3.8, 4) is 11.5 Å². The molecular weight excluding hydrogens is 359 g/mol. The molecule has 4 rings (SSSR count). The third kappa shape index (κ3) is 3.34. The molecule has 7 heteroatoms. The van der Waals surface area contributed by atoms with Crippen molar-refractivity contribution in [2.24, 2.45) is 0 Å². The van der Waals surface area contributed by atoms with Crippen molar-refractivity contribution >= 4 is 17.5 Å². The lowest BCUT2D eigenvalue weighted by atomic mass is 10.1. The second-order valence-electron chi connectivity index (χ2n) is 6.34. The first-order chi connectivity index (χ1) is 12.6. The highest BCUT2D eigenvalue weighted by Gasteiger charge is 2.27. The fourth-order valence-corrected chi connectivity index (χ4v) is 3.50. The molecule has 0 unspecified atom stereocenters. The van der Waals surface area contributed by atoms with Gasteiger partial charge in [-0.05, 0) is 29.8 Å². The van der Waals surface area contributed by atoms with Crippen LogP contribution < -0.4 is 9.47 Å². The molecule has 0 aromatic heterocycles. The number of carbonyl (C=O) groups is 1. The number of para-hydroxylation sites is 1. The van der Waals surface area contributed by atoms with Gasteiger partial charge in [-0.1, -0.05) is 23.7 Å². The van der Waals surface area contributed by atoms with Gasteiger partial charge in [0.05, 0.1) is 5.56 Å². The Balaban J connectivity index is 1.39. The Morgan fingerprint density at radius 2 is 1.92 bits per heavy atom. The van der Waals surface area contributed by atoms with E-state index in [1.165, 1.54) is 12.1 Å². The van der Waals surface area contributed by atoms with Crippen LogP contribution in [0.5, 0.6) is 11.5 Å². The van der Waals surface area contributed by atoms with Crippen LogP contribution in [0.25, 0.3) is 0 Å². The maximum atomic E-state index is 13.2. The molecule has 0 aliphatic carbocycles. The van der Waals surface area contributed by atoms with E-state index in [0.717, 1.165) is 18.7 Å². The van der Waals surface area contributed by atoms with Crippen LogP contribution in [-0.4, -0.2) is 48.7 Å². The average Bonchev–Trinajstić information content (AvgIpc) is 3.13. The number of piperazine rings is 1. The molecule has 136 valence electrons. The van der Waals surface area contributed by atoms with Crippen LogP contribution in [0.3, 0.4) is 0 Å². The highest BCUT2D eigenvalue weighted by Crippen LogP contribution is 2.36. The lowest BCUT2D eigenvalue weighted by Crippen LogP contribution is -2.48. The minimum absolute atomic E-state index is 0.0492. The van der Waals surface area contributed by atoms with E-state index in [0.29, 0.717) is 41.7 Å². The van der Waals surface area contributed by atoms with Crippen molar-refractivity contribution < 1.29 is 18.7 Å². The molecule has 0 spiro atoms. The van der Waals surface area contributed by atoms with Crippen LogP contribution in [0.1, 0.15) is 15.9 Å². The molecule has 5 nitrogen and oxygen atoms in total. The topological polar surface area (TPSA) is 42.0 Å². The van der Waals surface area contributed by atoms with Crippen molar-refractivity contribution in [2.45, 2.75) is 6.54 Å². The third-order valence-electron chi connectivity index (χ3n) is 4.70. The van der Waals surface area contributed by atoms with Crippen molar-refractivity contribution in [2.75, 3.05) is 33.0 Å². The molecule has 0 bridgehead atoms. The van der Waals surface area contributed by atoms with E-state index in [1.54, 1.807) is 24.3 Å². The molecule has 2 aromatic carbocycles. The molecule has 2 heterocycles. The Labute approximate surface area is 155 Å². The molecule has 2 aliphatic heterocycles. The Morgan fingerprint density at radius 1 is 1.12 bits per heavy atom. The van der Waals surface area contributed by atoms with Gasteiger partial charge >= 0.3 is 0 Å². The lowest BCUT2D eigenvalue weighted by Gasteiger charge is -2.35. The SMILES string of the molecule is O=C(c1cccc2c1OCO2)N1CCN(Cc2ccc(F)cc2Cl)CC1. The minimum atomic E-state index is -0.337. The van der Waals surface area contributed by atoms with Gasteiger partial charge in [0.1, 0.15) is 5.82 Å². The number of fused-ring (bicyclic) bond motifs is 1. The summed E-state index contributed by atoms with van der Waals surface area (Å²) in [5.74, 6) is 0.751. The van der Waals surface area contributed by atoms with E-state index < -0.39 is 0 Å². The van der Waals surface area contributed by atoms with Gasteiger partial charge in [0, 0.05) is 37.7 Å². The maximum Gasteiger partial charge on any atom is 0.257 e. The van der Waals surface area contributed by atoms with Gasteiger partial charge < -0.3 is 14.4 Å². The van der Waals surface area contributed by atoms with E-state index in [2.05, 4.69) is 4.90 Å². The Hall–Kier alpha value is -2.31. The van der Waals surface area contributed by atoms with Crippen LogP contribution in [-0.2, 0) is 6.54 Å². The van der Waals surface area contributed by atoms with Gasteiger partial charge in [-0.25, -0.2) is 4.39 Å². The summed E-state index contributed by atoms with van der Waals surface area (Å²) in [6, 6.07) is 9.81. The van der Waals surface area contributed by atoms with Gasteiger partial charge in [0.15, 0.2) is 11.5 Å². The fraction of sp³-hybridized carbons (Fsp3) is 0.316. The first-order valence-corrected chi connectivity index (χ1v) is 8.84. The van der Waals surface area contributed by atoms with Gasteiger partial charge in [-0.15, -0.1) is 0 Å². The molecule has 1 fully saturated rings. The summed E-state index contributed by atoms with van der Waals surface area (Å²) >= 11 is 6.11. The summed E-state index contributed by atoms with van der Waals surface area (Å²) in [7, 11) is 0. The van der Waals surface area contributed by atoms with Crippen molar-refractivity contribution in [3.05, 3.63) is 58.4 Å². The number of carbonyl (C=O) groups excluding carboxylic acids is 1. The standard InChI is InChI=1S/C19H18ClFN2O3/c20-16-10-14(21)5-4-13(16)11-22-6-8-23(9-7-22)19(24)15-2-1-3-17-18(15)26-12-25-17/h1-5,10H,6-9,11-12H2.